The first kappa shape index (κ1) is 10.1. The molecule has 0 amide bonds. The van der Waals surface area contributed by atoms with Crippen LogP contribution in [-0.4, -0.2) is 25.7 Å². The number of hydrogen-bond acceptors (Lipinski definition) is 3. The lowest BCUT2D eigenvalue weighted by atomic mass is 10.2. The fourth-order valence-corrected chi connectivity index (χ4v) is 2.48. The number of aryl methyl sites for hydroxylation is 1. The third-order valence-electron chi connectivity index (χ3n) is 2.22. The highest BCUT2D eigenvalue weighted by Crippen LogP contribution is 2.22. The van der Waals surface area contributed by atoms with Crippen LogP contribution in [0.15, 0.2) is 23.2 Å². The minimum absolute atomic E-state index is 0.234. The van der Waals surface area contributed by atoms with Crippen LogP contribution in [0.25, 0.3) is 10.9 Å². The molecule has 15 heavy (non-hydrogen) atoms. The molecular formula is C9H11N3O2S. The van der Waals surface area contributed by atoms with Gasteiger partial charge in [0.25, 0.3) is 0 Å². The molecule has 2 N–H and O–H groups in total. The normalized spacial score (nSPS) is 12.1. The molecule has 0 aliphatic rings. The summed E-state index contributed by atoms with van der Waals surface area (Å²) in [5.74, 6) is 0. The summed E-state index contributed by atoms with van der Waals surface area (Å²) in [5.41, 5.74) is 1.42. The minimum Gasteiger partial charge on any atom is -0.276 e. The number of H-pyrrole nitrogens is 1. The molecule has 2 rings (SSSR count). The number of aromatic amines is 1. The van der Waals surface area contributed by atoms with Crippen molar-refractivity contribution in [1.82, 2.24) is 14.9 Å². The molecule has 6 heteroatoms. The quantitative estimate of drug-likeness (QED) is 0.793. The van der Waals surface area contributed by atoms with Crippen molar-refractivity contribution in [3.05, 3.63) is 23.9 Å². The van der Waals surface area contributed by atoms with E-state index in [1.807, 2.05) is 13.0 Å². The molecule has 2 aromatic rings. The van der Waals surface area contributed by atoms with Crippen molar-refractivity contribution in [3.63, 3.8) is 0 Å². The largest absolute Gasteiger partial charge is 0.276 e. The highest BCUT2D eigenvalue weighted by Gasteiger charge is 2.16. The topological polar surface area (TPSA) is 74.8 Å². The number of benzene rings is 1. The lowest BCUT2D eigenvalue weighted by molar-refractivity contribution is 0.589. The Kier molecular flexibility index (Phi) is 2.24. The van der Waals surface area contributed by atoms with E-state index in [-0.39, 0.29) is 4.90 Å². The fraction of sp³-hybridized carbons (Fsp3) is 0.222. The average molecular weight is 225 g/mol. The molecule has 1 aromatic carbocycles. The fourth-order valence-electron chi connectivity index (χ4n) is 1.49. The van der Waals surface area contributed by atoms with E-state index < -0.39 is 10.0 Å². The van der Waals surface area contributed by atoms with E-state index in [0.717, 1.165) is 10.9 Å². The zero-order valence-electron chi connectivity index (χ0n) is 8.40. The van der Waals surface area contributed by atoms with E-state index in [9.17, 15) is 8.42 Å². The molecule has 0 radical (unpaired) electrons. The van der Waals surface area contributed by atoms with Gasteiger partial charge in [-0.2, -0.15) is 5.10 Å². The maximum absolute atomic E-state index is 11.7. The van der Waals surface area contributed by atoms with Gasteiger partial charge in [0, 0.05) is 5.39 Å². The summed E-state index contributed by atoms with van der Waals surface area (Å²) in [6.07, 6.45) is 1.61. The first-order valence-corrected chi connectivity index (χ1v) is 5.90. The van der Waals surface area contributed by atoms with Crippen LogP contribution in [0.1, 0.15) is 5.56 Å². The summed E-state index contributed by atoms with van der Waals surface area (Å²) in [6.45, 7) is 1.85. The summed E-state index contributed by atoms with van der Waals surface area (Å²) in [4.78, 5) is 0.234. The van der Waals surface area contributed by atoms with Gasteiger partial charge in [-0.05, 0) is 31.7 Å². The van der Waals surface area contributed by atoms with Crippen LogP contribution >= 0.6 is 0 Å². The van der Waals surface area contributed by atoms with Gasteiger partial charge >= 0.3 is 0 Å². The SMILES string of the molecule is CNS(=O)(=O)c1cc(C)cc2cn[nH]c12. The molecule has 1 heterocycles. The van der Waals surface area contributed by atoms with Crippen molar-refractivity contribution in [1.29, 1.82) is 0 Å². The Morgan fingerprint density at radius 1 is 1.40 bits per heavy atom. The van der Waals surface area contributed by atoms with Gasteiger partial charge in [-0.25, -0.2) is 13.1 Å². The first-order chi connectivity index (χ1) is 7.04. The summed E-state index contributed by atoms with van der Waals surface area (Å²) >= 11 is 0. The zero-order valence-corrected chi connectivity index (χ0v) is 9.22. The number of fused-ring (bicyclic) bond motifs is 1. The van der Waals surface area contributed by atoms with Crippen LogP contribution in [0.2, 0.25) is 0 Å². The van der Waals surface area contributed by atoms with Crippen LogP contribution in [-0.2, 0) is 10.0 Å². The van der Waals surface area contributed by atoms with Crippen LogP contribution < -0.4 is 4.72 Å². The highest BCUT2D eigenvalue weighted by molar-refractivity contribution is 7.89. The molecule has 0 fully saturated rings. The second-order valence-electron chi connectivity index (χ2n) is 3.30. The molecule has 5 nitrogen and oxygen atoms in total. The Morgan fingerprint density at radius 3 is 2.80 bits per heavy atom. The second kappa shape index (κ2) is 3.32. The molecule has 1 aromatic heterocycles. The smallest absolute Gasteiger partial charge is 0.242 e. The molecule has 0 aliphatic carbocycles. The van der Waals surface area contributed by atoms with Crippen molar-refractivity contribution < 1.29 is 8.42 Å². The number of nitrogens with zero attached hydrogens (tertiary/aromatic N) is 1. The molecule has 0 unspecified atom stereocenters. The molecule has 0 saturated carbocycles. The van der Waals surface area contributed by atoms with Crippen LogP contribution in [0.4, 0.5) is 0 Å². The zero-order chi connectivity index (χ0) is 11.1. The van der Waals surface area contributed by atoms with Gasteiger partial charge in [0.1, 0.15) is 4.90 Å². The Labute approximate surface area is 87.6 Å². The van der Waals surface area contributed by atoms with Crippen molar-refractivity contribution in [2.45, 2.75) is 11.8 Å². The lowest BCUT2D eigenvalue weighted by Crippen LogP contribution is -2.19. The molecular weight excluding hydrogens is 214 g/mol. The van der Waals surface area contributed by atoms with Crippen molar-refractivity contribution in [3.8, 4) is 0 Å². The number of rotatable bonds is 2. The van der Waals surface area contributed by atoms with Crippen LogP contribution in [0.3, 0.4) is 0 Å². The van der Waals surface area contributed by atoms with E-state index in [4.69, 9.17) is 0 Å². The Bertz CT molecular complexity index is 601. The molecule has 80 valence electrons. The summed E-state index contributed by atoms with van der Waals surface area (Å²) in [6, 6.07) is 3.50. The molecule has 0 bridgehead atoms. The van der Waals surface area contributed by atoms with Crippen molar-refractivity contribution in [2.24, 2.45) is 0 Å². The molecule has 0 spiro atoms. The highest BCUT2D eigenvalue weighted by atomic mass is 32.2. The Hall–Kier alpha value is -1.40. The van der Waals surface area contributed by atoms with Gasteiger partial charge in [-0.1, -0.05) is 0 Å². The van der Waals surface area contributed by atoms with Gasteiger partial charge in [0.15, 0.2) is 0 Å². The Balaban J connectivity index is 2.85. The van der Waals surface area contributed by atoms with Crippen LogP contribution in [0, 0.1) is 6.92 Å². The third kappa shape index (κ3) is 1.62. The summed E-state index contributed by atoms with van der Waals surface area (Å²) < 4.78 is 25.7. The van der Waals surface area contributed by atoms with Crippen LogP contribution in [0.5, 0.6) is 0 Å². The number of aromatic nitrogens is 2. The number of sulfonamides is 1. The first-order valence-electron chi connectivity index (χ1n) is 4.42. The maximum atomic E-state index is 11.7. The Morgan fingerprint density at radius 2 is 2.13 bits per heavy atom. The second-order valence-corrected chi connectivity index (χ2v) is 5.16. The maximum Gasteiger partial charge on any atom is 0.242 e. The van der Waals surface area contributed by atoms with E-state index >= 15 is 0 Å². The standard InChI is InChI=1S/C9H11N3O2S/c1-6-3-7-5-11-12-9(7)8(4-6)15(13,14)10-2/h3-5,10H,1-2H3,(H,11,12). The molecule has 0 aliphatic heterocycles. The van der Waals surface area contributed by atoms with Gasteiger partial charge in [-0.3, -0.25) is 5.10 Å². The van der Waals surface area contributed by atoms with Gasteiger partial charge in [-0.15, -0.1) is 0 Å². The van der Waals surface area contributed by atoms with Gasteiger partial charge in [0.2, 0.25) is 10.0 Å². The predicted molar refractivity (Wildman–Crippen MR) is 57.1 cm³/mol. The summed E-state index contributed by atoms with van der Waals surface area (Å²) in [5, 5.41) is 7.32. The number of hydrogen-bond donors (Lipinski definition) is 2. The lowest BCUT2D eigenvalue weighted by Gasteiger charge is -2.04. The predicted octanol–water partition coefficient (Wildman–Crippen LogP) is 0.779. The molecule has 0 atom stereocenters. The third-order valence-corrected chi connectivity index (χ3v) is 3.65. The van der Waals surface area contributed by atoms with E-state index in [1.54, 1.807) is 12.3 Å². The van der Waals surface area contributed by atoms with Gasteiger partial charge < -0.3 is 0 Å². The van der Waals surface area contributed by atoms with Crippen molar-refractivity contribution in [2.75, 3.05) is 7.05 Å². The van der Waals surface area contributed by atoms with Crippen molar-refractivity contribution >= 4 is 20.9 Å². The number of nitrogens with one attached hydrogen (secondary N) is 2. The summed E-state index contributed by atoms with van der Waals surface area (Å²) in [7, 11) is -2.05. The van der Waals surface area contributed by atoms with E-state index in [1.165, 1.54) is 7.05 Å². The minimum atomic E-state index is -3.44. The average Bonchev–Trinajstić information content (AvgIpc) is 2.63. The van der Waals surface area contributed by atoms with Gasteiger partial charge in [0.05, 0.1) is 11.7 Å². The van der Waals surface area contributed by atoms with E-state index in [0.29, 0.717) is 5.52 Å². The van der Waals surface area contributed by atoms with E-state index in [2.05, 4.69) is 14.9 Å². The molecule has 0 saturated heterocycles. The monoisotopic (exact) mass is 225 g/mol.